The lowest BCUT2D eigenvalue weighted by Gasteiger charge is -2.27. The van der Waals surface area contributed by atoms with Crippen molar-refractivity contribution in [2.45, 2.75) is 6.18 Å². The summed E-state index contributed by atoms with van der Waals surface area (Å²) in [6.45, 7) is 1.68. The van der Waals surface area contributed by atoms with Crippen molar-refractivity contribution < 1.29 is 18.0 Å². The van der Waals surface area contributed by atoms with Gasteiger partial charge in [-0.3, -0.25) is 4.79 Å². The van der Waals surface area contributed by atoms with Crippen LogP contribution in [0.15, 0.2) is 18.5 Å². The van der Waals surface area contributed by atoms with Crippen LogP contribution in [0.25, 0.3) is 5.82 Å². The molecule has 2 aromatic rings. The quantitative estimate of drug-likeness (QED) is 0.851. The summed E-state index contributed by atoms with van der Waals surface area (Å²) >= 11 is 11.7. The van der Waals surface area contributed by atoms with Crippen LogP contribution in [0.5, 0.6) is 0 Å². The second-order valence-corrected chi connectivity index (χ2v) is 6.16. The standard InChI is InChI=1S/C14H12Cl2F3N5O/c15-8-5-10(16)12(21-6-8)24-11(14(17,18)19)9(7-22-24)13(25)23-3-1-20-2-4-23/h5-7,20H,1-4H2. The highest BCUT2D eigenvalue weighted by molar-refractivity contribution is 6.35. The van der Waals surface area contributed by atoms with Gasteiger partial charge in [0, 0.05) is 32.4 Å². The van der Waals surface area contributed by atoms with E-state index in [9.17, 15) is 18.0 Å². The summed E-state index contributed by atoms with van der Waals surface area (Å²) in [6.07, 6.45) is -2.78. The maximum atomic E-state index is 13.6. The molecule has 25 heavy (non-hydrogen) atoms. The molecule has 0 bridgehead atoms. The van der Waals surface area contributed by atoms with Crippen LogP contribution in [-0.4, -0.2) is 51.8 Å². The van der Waals surface area contributed by atoms with Crippen LogP contribution in [-0.2, 0) is 6.18 Å². The van der Waals surface area contributed by atoms with Gasteiger partial charge < -0.3 is 10.2 Å². The number of amides is 1. The van der Waals surface area contributed by atoms with Crippen LogP contribution in [0.1, 0.15) is 16.1 Å². The zero-order chi connectivity index (χ0) is 18.2. The van der Waals surface area contributed by atoms with E-state index in [-0.39, 0.29) is 15.9 Å². The molecule has 2 aromatic heterocycles. The summed E-state index contributed by atoms with van der Waals surface area (Å²) in [5.74, 6) is -0.983. The van der Waals surface area contributed by atoms with Gasteiger partial charge in [0.25, 0.3) is 5.91 Å². The van der Waals surface area contributed by atoms with E-state index in [4.69, 9.17) is 23.2 Å². The van der Waals surface area contributed by atoms with Crippen LogP contribution in [0.2, 0.25) is 10.0 Å². The Morgan fingerprint density at radius 1 is 1.20 bits per heavy atom. The summed E-state index contributed by atoms with van der Waals surface area (Å²) in [4.78, 5) is 17.7. The third kappa shape index (κ3) is 3.58. The molecule has 1 fully saturated rings. The lowest BCUT2D eigenvalue weighted by atomic mass is 10.2. The molecular formula is C14H12Cl2F3N5O. The molecule has 0 unspecified atom stereocenters. The van der Waals surface area contributed by atoms with E-state index in [2.05, 4.69) is 15.4 Å². The molecule has 0 radical (unpaired) electrons. The smallest absolute Gasteiger partial charge is 0.336 e. The Morgan fingerprint density at radius 3 is 2.48 bits per heavy atom. The predicted molar refractivity (Wildman–Crippen MR) is 85.2 cm³/mol. The average molecular weight is 394 g/mol. The zero-order valence-corrected chi connectivity index (χ0v) is 14.2. The molecule has 6 nitrogen and oxygen atoms in total. The number of carbonyl (C=O) groups excluding carboxylic acids is 1. The van der Waals surface area contributed by atoms with Gasteiger partial charge in [0.1, 0.15) is 0 Å². The van der Waals surface area contributed by atoms with Crippen LogP contribution < -0.4 is 5.32 Å². The third-order valence-corrected chi connectivity index (χ3v) is 4.15. The van der Waals surface area contributed by atoms with E-state index in [0.717, 1.165) is 12.4 Å². The number of nitrogens with one attached hydrogen (secondary N) is 1. The first-order valence-electron chi connectivity index (χ1n) is 7.25. The fourth-order valence-electron chi connectivity index (χ4n) is 2.54. The minimum Gasteiger partial charge on any atom is -0.336 e. The topological polar surface area (TPSA) is 63.1 Å². The lowest BCUT2D eigenvalue weighted by molar-refractivity contribution is -0.143. The van der Waals surface area contributed by atoms with Gasteiger partial charge in [-0.2, -0.15) is 18.3 Å². The van der Waals surface area contributed by atoms with Crippen molar-refractivity contribution in [2.24, 2.45) is 0 Å². The largest absolute Gasteiger partial charge is 0.434 e. The molecule has 1 aliphatic heterocycles. The SMILES string of the molecule is O=C(c1cnn(-c2ncc(Cl)cc2Cl)c1C(F)(F)F)N1CCNCC1. The molecule has 11 heteroatoms. The fraction of sp³-hybridized carbons (Fsp3) is 0.357. The molecule has 0 saturated carbocycles. The second-order valence-electron chi connectivity index (χ2n) is 5.32. The molecule has 0 aliphatic carbocycles. The minimum absolute atomic E-state index is 0.109. The molecule has 0 spiro atoms. The van der Waals surface area contributed by atoms with Crippen molar-refractivity contribution >= 4 is 29.1 Å². The first kappa shape index (κ1) is 18.0. The molecule has 1 aliphatic rings. The predicted octanol–water partition coefficient (Wildman–Crippen LogP) is 2.64. The molecular weight excluding hydrogens is 382 g/mol. The molecule has 1 N–H and O–H groups in total. The highest BCUT2D eigenvalue weighted by atomic mass is 35.5. The summed E-state index contributed by atoms with van der Waals surface area (Å²) in [6, 6.07) is 1.26. The van der Waals surface area contributed by atoms with Gasteiger partial charge in [0.2, 0.25) is 0 Å². The van der Waals surface area contributed by atoms with E-state index in [0.29, 0.717) is 30.9 Å². The first-order chi connectivity index (χ1) is 11.8. The van der Waals surface area contributed by atoms with E-state index >= 15 is 0 Å². The van der Waals surface area contributed by atoms with Crippen molar-refractivity contribution in [1.29, 1.82) is 0 Å². The second kappa shape index (κ2) is 6.81. The summed E-state index contributed by atoms with van der Waals surface area (Å²) in [5, 5.41) is 6.80. The number of alkyl halides is 3. The van der Waals surface area contributed by atoms with Gasteiger partial charge >= 0.3 is 6.18 Å². The van der Waals surface area contributed by atoms with E-state index in [1.54, 1.807) is 0 Å². The Labute approximate surface area is 150 Å². The molecule has 3 rings (SSSR count). The van der Waals surface area contributed by atoms with Gasteiger partial charge in [-0.15, -0.1) is 0 Å². The van der Waals surface area contributed by atoms with Gasteiger partial charge in [0.05, 0.1) is 21.8 Å². The Hall–Kier alpha value is -1.84. The van der Waals surface area contributed by atoms with Crippen LogP contribution in [0.3, 0.4) is 0 Å². The number of nitrogens with zero attached hydrogens (tertiary/aromatic N) is 4. The Bertz CT molecular complexity index is 802. The molecule has 3 heterocycles. The summed E-state index contributed by atoms with van der Waals surface area (Å²) in [5.41, 5.74) is -1.75. The van der Waals surface area contributed by atoms with E-state index in [1.165, 1.54) is 11.0 Å². The molecule has 1 saturated heterocycles. The Morgan fingerprint density at radius 2 is 1.88 bits per heavy atom. The molecule has 0 atom stereocenters. The summed E-state index contributed by atoms with van der Waals surface area (Å²) in [7, 11) is 0. The summed E-state index contributed by atoms with van der Waals surface area (Å²) < 4.78 is 41.4. The zero-order valence-electron chi connectivity index (χ0n) is 12.6. The number of halogens is 5. The minimum atomic E-state index is -4.82. The van der Waals surface area contributed by atoms with E-state index < -0.39 is 23.3 Å². The monoisotopic (exact) mass is 393 g/mol. The fourth-order valence-corrected chi connectivity index (χ4v) is 3.00. The lowest BCUT2D eigenvalue weighted by Crippen LogP contribution is -2.46. The van der Waals surface area contributed by atoms with Gasteiger partial charge in [-0.25, -0.2) is 9.67 Å². The van der Waals surface area contributed by atoms with Crippen molar-refractivity contribution in [2.75, 3.05) is 26.2 Å². The average Bonchev–Trinajstić information content (AvgIpc) is 3.00. The number of hydrogen-bond donors (Lipinski definition) is 1. The number of piperazine rings is 1. The number of rotatable bonds is 2. The number of hydrogen-bond acceptors (Lipinski definition) is 4. The van der Waals surface area contributed by atoms with Crippen LogP contribution >= 0.6 is 23.2 Å². The normalized spacial score (nSPS) is 15.5. The highest BCUT2D eigenvalue weighted by Crippen LogP contribution is 2.35. The number of aromatic nitrogens is 3. The number of pyridine rings is 1. The Kier molecular flexibility index (Phi) is 4.90. The Balaban J connectivity index is 2.09. The van der Waals surface area contributed by atoms with Gasteiger partial charge in [0.15, 0.2) is 11.5 Å². The molecule has 134 valence electrons. The molecule has 1 amide bonds. The van der Waals surface area contributed by atoms with Crippen molar-refractivity contribution in [1.82, 2.24) is 25.0 Å². The van der Waals surface area contributed by atoms with Crippen molar-refractivity contribution in [3.8, 4) is 5.82 Å². The van der Waals surface area contributed by atoms with E-state index in [1.807, 2.05) is 0 Å². The maximum Gasteiger partial charge on any atom is 0.434 e. The van der Waals surface area contributed by atoms with Crippen molar-refractivity contribution in [3.63, 3.8) is 0 Å². The van der Waals surface area contributed by atoms with Crippen molar-refractivity contribution in [3.05, 3.63) is 39.8 Å². The molecule has 0 aromatic carbocycles. The van der Waals surface area contributed by atoms with Gasteiger partial charge in [-0.1, -0.05) is 23.2 Å². The highest BCUT2D eigenvalue weighted by Gasteiger charge is 2.42. The third-order valence-electron chi connectivity index (χ3n) is 3.66. The maximum absolute atomic E-state index is 13.6. The first-order valence-corrected chi connectivity index (χ1v) is 8.01. The van der Waals surface area contributed by atoms with Crippen LogP contribution in [0, 0.1) is 0 Å². The number of carbonyl (C=O) groups is 1. The van der Waals surface area contributed by atoms with Gasteiger partial charge in [-0.05, 0) is 6.07 Å². The van der Waals surface area contributed by atoms with Crippen LogP contribution in [0.4, 0.5) is 13.2 Å².